The van der Waals surface area contributed by atoms with Gasteiger partial charge in [0.05, 0.1) is 25.4 Å². The van der Waals surface area contributed by atoms with Gasteiger partial charge in [-0.1, -0.05) is 29.8 Å². The average Bonchev–Trinajstić information content (AvgIpc) is 3.10. The van der Waals surface area contributed by atoms with Gasteiger partial charge in [0.25, 0.3) is 5.91 Å². The van der Waals surface area contributed by atoms with Crippen molar-refractivity contribution >= 4 is 23.2 Å². The van der Waals surface area contributed by atoms with E-state index in [2.05, 4.69) is 22.1 Å². The second kappa shape index (κ2) is 9.22. The van der Waals surface area contributed by atoms with Crippen molar-refractivity contribution in [1.82, 2.24) is 14.7 Å². The molecular formula is C23H25ClN4O2. The Kier molecular flexibility index (Phi) is 6.23. The normalized spacial score (nSPS) is 14.5. The van der Waals surface area contributed by atoms with Gasteiger partial charge in [0.1, 0.15) is 5.75 Å². The maximum atomic E-state index is 13.0. The van der Waals surface area contributed by atoms with Crippen molar-refractivity contribution in [3.63, 3.8) is 0 Å². The highest BCUT2D eigenvalue weighted by atomic mass is 35.5. The SMILES string of the molecule is COc1ccc(N2CCCN(C(=O)c3cnn(Cc4ccccc4Cl)c3)CC2)cc1. The Hall–Kier alpha value is -2.99. The number of benzene rings is 2. The summed E-state index contributed by atoms with van der Waals surface area (Å²) in [5, 5.41) is 5.06. The lowest BCUT2D eigenvalue weighted by atomic mass is 10.2. The first-order valence-corrected chi connectivity index (χ1v) is 10.5. The number of halogens is 1. The van der Waals surface area contributed by atoms with E-state index in [9.17, 15) is 4.79 Å². The summed E-state index contributed by atoms with van der Waals surface area (Å²) in [6, 6.07) is 15.7. The van der Waals surface area contributed by atoms with E-state index >= 15 is 0 Å². The van der Waals surface area contributed by atoms with E-state index in [4.69, 9.17) is 16.3 Å². The van der Waals surface area contributed by atoms with Gasteiger partial charge >= 0.3 is 0 Å². The number of hydrogen-bond donors (Lipinski definition) is 0. The Morgan fingerprint density at radius 3 is 2.63 bits per heavy atom. The van der Waals surface area contributed by atoms with Crippen LogP contribution in [-0.2, 0) is 6.54 Å². The van der Waals surface area contributed by atoms with E-state index in [-0.39, 0.29) is 5.91 Å². The average molecular weight is 425 g/mol. The first kappa shape index (κ1) is 20.3. The van der Waals surface area contributed by atoms with E-state index in [0.29, 0.717) is 23.7 Å². The molecule has 30 heavy (non-hydrogen) atoms. The molecule has 3 aromatic rings. The van der Waals surface area contributed by atoms with Crippen LogP contribution in [0.1, 0.15) is 22.3 Å². The molecule has 0 bridgehead atoms. The van der Waals surface area contributed by atoms with E-state index in [1.807, 2.05) is 41.3 Å². The molecule has 0 spiro atoms. The molecule has 1 fully saturated rings. The van der Waals surface area contributed by atoms with Crippen LogP contribution in [0.3, 0.4) is 0 Å². The van der Waals surface area contributed by atoms with Crippen LogP contribution in [-0.4, -0.2) is 53.9 Å². The number of hydrogen-bond acceptors (Lipinski definition) is 4. The number of ether oxygens (including phenoxy) is 1. The van der Waals surface area contributed by atoms with Crippen molar-refractivity contribution in [2.45, 2.75) is 13.0 Å². The minimum absolute atomic E-state index is 0.0250. The standard InChI is InChI=1S/C23H25ClN4O2/c1-30-21-9-7-20(8-10-21)26-11-4-12-27(14-13-26)23(29)19-15-25-28(17-19)16-18-5-2-3-6-22(18)24/h2-3,5-10,15,17H,4,11-14,16H2,1H3. The molecule has 156 valence electrons. The van der Waals surface area contributed by atoms with Crippen LogP contribution in [0.5, 0.6) is 5.75 Å². The van der Waals surface area contributed by atoms with Gasteiger partial charge in [-0.05, 0) is 42.3 Å². The lowest BCUT2D eigenvalue weighted by Gasteiger charge is -2.23. The maximum absolute atomic E-state index is 13.0. The largest absolute Gasteiger partial charge is 0.497 e. The third kappa shape index (κ3) is 4.60. The lowest BCUT2D eigenvalue weighted by Crippen LogP contribution is -2.35. The predicted molar refractivity (Wildman–Crippen MR) is 119 cm³/mol. The summed E-state index contributed by atoms with van der Waals surface area (Å²) in [5.41, 5.74) is 2.74. The van der Waals surface area contributed by atoms with E-state index in [0.717, 1.165) is 43.1 Å². The molecule has 1 aliphatic rings. The van der Waals surface area contributed by atoms with Crippen LogP contribution in [0.15, 0.2) is 60.9 Å². The monoisotopic (exact) mass is 424 g/mol. The Bertz CT molecular complexity index is 1000. The number of amides is 1. The molecule has 0 N–H and O–H groups in total. The fourth-order valence-electron chi connectivity index (χ4n) is 3.72. The molecule has 2 aromatic carbocycles. The molecule has 1 amide bonds. The molecule has 0 unspecified atom stereocenters. The topological polar surface area (TPSA) is 50.6 Å². The van der Waals surface area contributed by atoms with Crippen molar-refractivity contribution in [2.75, 3.05) is 38.2 Å². The molecule has 2 heterocycles. The van der Waals surface area contributed by atoms with Crippen LogP contribution < -0.4 is 9.64 Å². The zero-order chi connectivity index (χ0) is 20.9. The highest BCUT2D eigenvalue weighted by molar-refractivity contribution is 6.31. The van der Waals surface area contributed by atoms with Crippen molar-refractivity contribution in [1.29, 1.82) is 0 Å². The van der Waals surface area contributed by atoms with Crippen LogP contribution >= 0.6 is 11.6 Å². The van der Waals surface area contributed by atoms with E-state index in [1.165, 1.54) is 0 Å². The van der Waals surface area contributed by atoms with Gasteiger partial charge in [-0.15, -0.1) is 0 Å². The number of nitrogens with zero attached hydrogens (tertiary/aromatic N) is 4. The van der Waals surface area contributed by atoms with Crippen LogP contribution in [0, 0.1) is 0 Å². The van der Waals surface area contributed by atoms with Crippen molar-refractivity contribution in [3.05, 3.63) is 77.1 Å². The van der Waals surface area contributed by atoms with E-state index in [1.54, 1.807) is 24.2 Å². The number of anilines is 1. The van der Waals surface area contributed by atoms with E-state index < -0.39 is 0 Å². The molecule has 6 nitrogen and oxygen atoms in total. The molecule has 0 aliphatic carbocycles. The second-order valence-electron chi connectivity index (χ2n) is 7.35. The summed E-state index contributed by atoms with van der Waals surface area (Å²) < 4.78 is 7.00. The molecule has 4 rings (SSSR count). The molecule has 0 atom stereocenters. The molecular weight excluding hydrogens is 400 g/mol. The van der Waals surface area contributed by atoms with Gasteiger partial charge in [-0.25, -0.2) is 0 Å². The smallest absolute Gasteiger partial charge is 0.257 e. The quantitative estimate of drug-likeness (QED) is 0.622. The van der Waals surface area contributed by atoms with Gasteiger partial charge in [0, 0.05) is 43.1 Å². The number of aromatic nitrogens is 2. The van der Waals surface area contributed by atoms with Crippen molar-refractivity contribution in [3.8, 4) is 5.75 Å². The molecule has 1 saturated heterocycles. The maximum Gasteiger partial charge on any atom is 0.257 e. The van der Waals surface area contributed by atoms with Crippen LogP contribution in [0.25, 0.3) is 0 Å². The first-order valence-electron chi connectivity index (χ1n) is 10.1. The summed E-state index contributed by atoms with van der Waals surface area (Å²) in [5.74, 6) is 0.871. The summed E-state index contributed by atoms with van der Waals surface area (Å²) in [7, 11) is 1.67. The Morgan fingerprint density at radius 2 is 1.87 bits per heavy atom. The molecule has 7 heteroatoms. The Morgan fingerprint density at radius 1 is 1.07 bits per heavy atom. The van der Waals surface area contributed by atoms with Gasteiger partial charge in [0.2, 0.25) is 0 Å². The van der Waals surface area contributed by atoms with Crippen LogP contribution in [0.4, 0.5) is 5.69 Å². The third-order valence-electron chi connectivity index (χ3n) is 5.39. The van der Waals surface area contributed by atoms with Gasteiger partial charge < -0.3 is 14.5 Å². The lowest BCUT2D eigenvalue weighted by molar-refractivity contribution is 0.0767. The number of methoxy groups -OCH3 is 1. The highest BCUT2D eigenvalue weighted by Crippen LogP contribution is 2.21. The van der Waals surface area contributed by atoms with Gasteiger partial charge in [-0.2, -0.15) is 5.10 Å². The Balaban J connectivity index is 1.39. The highest BCUT2D eigenvalue weighted by Gasteiger charge is 2.21. The van der Waals surface area contributed by atoms with Crippen molar-refractivity contribution in [2.24, 2.45) is 0 Å². The van der Waals surface area contributed by atoms with Crippen LogP contribution in [0.2, 0.25) is 5.02 Å². The zero-order valence-electron chi connectivity index (χ0n) is 17.0. The Labute approximate surface area is 181 Å². The number of carbonyl (C=O) groups excluding carboxylic acids is 1. The summed E-state index contributed by atoms with van der Waals surface area (Å²) in [6.45, 7) is 3.67. The summed E-state index contributed by atoms with van der Waals surface area (Å²) in [6.07, 6.45) is 4.37. The minimum atomic E-state index is 0.0250. The molecule has 0 saturated carbocycles. The molecule has 0 radical (unpaired) electrons. The summed E-state index contributed by atoms with van der Waals surface area (Å²) >= 11 is 6.24. The minimum Gasteiger partial charge on any atom is -0.497 e. The fourth-order valence-corrected chi connectivity index (χ4v) is 3.91. The predicted octanol–water partition coefficient (Wildman–Crippen LogP) is 3.95. The summed E-state index contributed by atoms with van der Waals surface area (Å²) in [4.78, 5) is 17.3. The van der Waals surface area contributed by atoms with Gasteiger partial charge in [-0.3, -0.25) is 9.48 Å². The number of rotatable bonds is 5. The fraction of sp³-hybridized carbons (Fsp3) is 0.304. The number of carbonyl (C=O) groups is 1. The molecule has 1 aromatic heterocycles. The second-order valence-corrected chi connectivity index (χ2v) is 7.76. The third-order valence-corrected chi connectivity index (χ3v) is 5.76. The zero-order valence-corrected chi connectivity index (χ0v) is 17.8. The van der Waals surface area contributed by atoms with Gasteiger partial charge in [0.15, 0.2) is 0 Å². The molecule has 1 aliphatic heterocycles. The van der Waals surface area contributed by atoms with Crippen molar-refractivity contribution < 1.29 is 9.53 Å². The first-order chi connectivity index (χ1) is 14.6.